The highest BCUT2D eigenvalue weighted by molar-refractivity contribution is 7.99. The lowest BCUT2D eigenvalue weighted by Crippen LogP contribution is -1.82. The first-order valence-electron chi connectivity index (χ1n) is 4.76. The molecular weight excluding hydrogens is 200 g/mol. The number of aromatic nitrogens is 2. The number of unbranched alkanes of at least 4 members (excludes halogenated alkanes) is 3. The van der Waals surface area contributed by atoms with Crippen LogP contribution in [0.4, 0.5) is 0 Å². The number of aryl methyl sites for hydroxylation is 1. The maximum absolute atomic E-state index is 4.30. The number of thioether (sulfide) groups is 1. The minimum Gasteiger partial charge on any atom is -0.215 e. The van der Waals surface area contributed by atoms with Crippen molar-refractivity contribution < 1.29 is 0 Å². The average molecular weight is 216 g/mol. The molecule has 0 atom stereocenters. The van der Waals surface area contributed by atoms with Crippen LogP contribution in [0.3, 0.4) is 0 Å². The second kappa shape index (κ2) is 6.38. The summed E-state index contributed by atoms with van der Waals surface area (Å²) in [5.41, 5.74) is 0. The summed E-state index contributed by atoms with van der Waals surface area (Å²) < 4.78 is 4.23. The molecule has 4 heteroatoms. The largest absolute Gasteiger partial charge is 0.215 e. The highest BCUT2D eigenvalue weighted by Gasteiger charge is 1.99. The Morgan fingerprint density at radius 1 is 1.31 bits per heavy atom. The molecule has 0 bridgehead atoms. The van der Waals surface area contributed by atoms with Gasteiger partial charge >= 0.3 is 0 Å². The smallest absolute Gasteiger partial charge is 0.200 e. The predicted molar refractivity (Wildman–Crippen MR) is 59.5 cm³/mol. The Morgan fingerprint density at radius 2 is 2.15 bits per heavy atom. The summed E-state index contributed by atoms with van der Waals surface area (Å²) in [6, 6.07) is 0. The van der Waals surface area contributed by atoms with Crippen molar-refractivity contribution in [2.75, 3.05) is 5.75 Å². The zero-order chi connectivity index (χ0) is 9.52. The molecular formula is C9H16N2S2. The Labute approximate surface area is 88.3 Å². The molecule has 2 nitrogen and oxygen atoms in total. The number of nitrogens with zero attached hydrogens (tertiary/aromatic N) is 2. The van der Waals surface area contributed by atoms with Crippen LogP contribution in [0, 0.1) is 6.92 Å². The minimum atomic E-state index is 0.957. The molecule has 0 saturated carbocycles. The molecule has 0 aliphatic carbocycles. The van der Waals surface area contributed by atoms with Crippen molar-refractivity contribution in [3.8, 4) is 0 Å². The van der Waals surface area contributed by atoms with Crippen molar-refractivity contribution in [2.24, 2.45) is 0 Å². The predicted octanol–water partition coefficient (Wildman–Crippen LogP) is 3.52. The quantitative estimate of drug-likeness (QED) is 0.537. The van der Waals surface area contributed by atoms with Crippen LogP contribution in [-0.4, -0.2) is 15.1 Å². The first-order chi connectivity index (χ1) is 6.33. The van der Waals surface area contributed by atoms with E-state index in [1.54, 1.807) is 11.8 Å². The monoisotopic (exact) mass is 216 g/mol. The van der Waals surface area contributed by atoms with Gasteiger partial charge in [0.15, 0.2) is 5.16 Å². The van der Waals surface area contributed by atoms with Gasteiger partial charge in [0.1, 0.15) is 5.01 Å². The maximum atomic E-state index is 4.30. The van der Waals surface area contributed by atoms with E-state index in [9.17, 15) is 0 Å². The molecule has 0 N–H and O–H groups in total. The van der Waals surface area contributed by atoms with E-state index in [1.165, 1.54) is 37.2 Å². The highest BCUT2D eigenvalue weighted by atomic mass is 32.2. The fourth-order valence-electron chi connectivity index (χ4n) is 1.03. The van der Waals surface area contributed by atoms with Crippen molar-refractivity contribution in [3.05, 3.63) is 5.01 Å². The van der Waals surface area contributed by atoms with E-state index in [-0.39, 0.29) is 0 Å². The molecule has 0 saturated heterocycles. The van der Waals surface area contributed by atoms with Gasteiger partial charge in [-0.25, -0.2) is 4.98 Å². The SMILES string of the molecule is CCCCCCSc1nsc(C)n1. The summed E-state index contributed by atoms with van der Waals surface area (Å²) in [6.45, 7) is 4.23. The second-order valence-corrected chi connectivity index (χ2v) is 5.02. The van der Waals surface area contributed by atoms with Gasteiger partial charge in [-0.3, -0.25) is 0 Å². The molecule has 0 spiro atoms. The lowest BCUT2D eigenvalue weighted by atomic mass is 10.2. The molecule has 1 aromatic rings. The Bertz CT molecular complexity index is 235. The summed E-state index contributed by atoms with van der Waals surface area (Å²) in [4.78, 5) is 4.30. The van der Waals surface area contributed by atoms with Crippen LogP contribution in [0.25, 0.3) is 0 Å². The fourth-order valence-corrected chi connectivity index (χ4v) is 2.52. The minimum absolute atomic E-state index is 0.957. The van der Waals surface area contributed by atoms with E-state index in [4.69, 9.17) is 0 Å². The zero-order valence-corrected chi connectivity index (χ0v) is 9.88. The lowest BCUT2D eigenvalue weighted by Gasteiger charge is -1.96. The summed E-state index contributed by atoms with van der Waals surface area (Å²) in [7, 11) is 0. The summed E-state index contributed by atoms with van der Waals surface area (Å²) >= 11 is 3.27. The topological polar surface area (TPSA) is 25.8 Å². The molecule has 0 aromatic carbocycles. The number of rotatable bonds is 6. The van der Waals surface area contributed by atoms with Crippen molar-refractivity contribution in [2.45, 2.75) is 44.7 Å². The molecule has 0 aliphatic rings. The summed E-state index contributed by atoms with van der Waals surface area (Å²) in [6.07, 6.45) is 5.28. The van der Waals surface area contributed by atoms with Crippen LogP contribution in [0.2, 0.25) is 0 Å². The van der Waals surface area contributed by atoms with Gasteiger partial charge in [-0.05, 0) is 24.9 Å². The Hall–Kier alpha value is -0.0900. The fraction of sp³-hybridized carbons (Fsp3) is 0.778. The Kier molecular flexibility index (Phi) is 5.39. The van der Waals surface area contributed by atoms with Crippen LogP contribution in [0.15, 0.2) is 5.16 Å². The van der Waals surface area contributed by atoms with E-state index in [0.29, 0.717) is 0 Å². The maximum Gasteiger partial charge on any atom is 0.200 e. The van der Waals surface area contributed by atoms with Crippen LogP contribution >= 0.6 is 23.3 Å². The number of hydrogen-bond donors (Lipinski definition) is 0. The van der Waals surface area contributed by atoms with Crippen molar-refractivity contribution >= 4 is 23.3 Å². The van der Waals surface area contributed by atoms with Gasteiger partial charge in [-0.2, -0.15) is 4.37 Å². The summed E-state index contributed by atoms with van der Waals surface area (Å²) in [5, 5.41) is 2.02. The zero-order valence-electron chi connectivity index (χ0n) is 8.25. The van der Waals surface area contributed by atoms with Crippen molar-refractivity contribution in [1.82, 2.24) is 9.36 Å². The molecule has 0 radical (unpaired) electrons. The standard InChI is InChI=1S/C9H16N2S2/c1-3-4-5-6-7-12-9-10-8(2)13-11-9/h3-7H2,1-2H3. The first-order valence-corrected chi connectivity index (χ1v) is 6.52. The third kappa shape index (κ3) is 4.62. The van der Waals surface area contributed by atoms with Gasteiger partial charge in [0, 0.05) is 5.75 Å². The van der Waals surface area contributed by atoms with Crippen LogP contribution < -0.4 is 0 Å². The van der Waals surface area contributed by atoms with Crippen molar-refractivity contribution in [1.29, 1.82) is 0 Å². The molecule has 0 fully saturated rings. The van der Waals surface area contributed by atoms with Crippen LogP contribution in [-0.2, 0) is 0 Å². The molecule has 1 rings (SSSR count). The first kappa shape index (κ1) is 11.0. The molecule has 0 amide bonds. The molecule has 1 heterocycles. The second-order valence-electron chi connectivity index (χ2n) is 3.01. The van der Waals surface area contributed by atoms with Gasteiger partial charge in [-0.15, -0.1) is 0 Å². The molecule has 0 aliphatic heterocycles. The van der Waals surface area contributed by atoms with Gasteiger partial charge in [0.2, 0.25) is 0 Å². The van der Waals surface area contributed by atoms with Gasteiger partial charge in [0.25, 0.3) is 0 Å². The Balaban J connectivity index is 2.06. The van der Waals surface area contributed by atoms with E-state index < -0.39 is 0 Å². The summed E-state index contributed by atoms with van der Waals surface area (Å²) in [5.74, 6) is 1.16. The molecule has 1 aromatic heterocycles. The van der Waals surface area contributed by atoms with Crippen LogP contribution in [0.5, 0.6) is 0 Å². The molecule has 74 valence electrons. The van der Waals surface area contributed by atoms with E-state index in [1.807, 2.05) is 6.92 Å². The Morgan fingerprint density at radius 3 is 2.77 bits per heavy atom. The van der Waals surface area contributed by atoms with Gasteiger partial charge < -0.3 is 0 Å². The van der Waals surface area contributed by atoms with Crippen molar-refractivity contribution in [3.63, 3.8) is 0 Å². The van der Waals surface area contributed by atoms with E-state index in [2.05, 4.69) is 16.3 Å². The third-order valence-corrected chi connectivity index (χ3v) is 3.41. The van der Waals surface area contributed by atoms with E-state index in [0.717, 1.165) is 15.9 Å². The third-order valence-electron chi connectivity index (χ3n) is 1.74. The van der Waals surface area contributed by atoms with Gasteiger partial charge in [0.05, 0.1) is 0 Å². The average Bonchev–Trinajstić information content (AvgIpc) is 2.51. The molecule has 0 unspecified atom stereocenters. The highest BCUT2D eigenvalue weighted by Crippen LogP contribution is 2.17. The molecule has 13 heavy (non-hydrogen) atoms. The van der Waals surface area contributed by atoms with Gasteiger partial charge in [-0.1, -0.05) is 37.9 Å². The normalized spacial score (nSPS) is 10.6. The lowest BCUT2D eigenvalue weighted by molar-refractivity contribution is 0.706. The number of hydrogen-bond acceptors (Lipinski definition) is 4. The van der Waals surface area contributed by atoms with E-state index >= 15 is 0 Å². The van der Waals surface area contributed by atoms with Crippen LogP contribution in [0.1, 0.15) is 37.6 Å².